The normalized spacial score (nSPS) is 19.2. The number of ether oxygens (including phenoxy) is 4. The Morgan fingerprint density at radius 2 is 1.55 bits per heavy atom. The highest BCUT2D eigenvalue weighted by atomic mass is 16.8. The van der Waals surface area contributed by atoms with Crippen molar-refractivity contribution in [1.82, 2.24) is 0 Å². The molecule has 0 aliphatic heterocycles. The maximum atomic E-state index is 12.5. The molecule has 1 saturated carbocycles. The van der Waals surface area contributed by atoms with Gasteiger partial charge in [0.05, 0.1) is 6.61 Å². The summed E-state index contributed by atoms with van der Waals surface area (Å²) >= 11 is 0. The van der Waals surface area contributed by atoms with Crippen molar-refractivity contribution < 1.29 is 23.7 Å². The predicted molar refractivity (Wildman–Crippen MR) is 132 cm³/mol. The highest BCUT2D eigenvalue weighted by Crippen LogP contribution is 2.36. The molecule has 5 nitrogen and oxygen atoms in total. The van der Waals surface area contributed by atoms with Crippen molar-refractivity contribution in [3.05, 3.63) is 29.8 Å². The monoisotopic (exact) mass is 462 g/mol. The minimum atomic E-state index is -0.703. The van der Waals surface area contributed by atoms with E-state index in [9.17, 15) is 4.79 Å². The van der Waals surface area contributed by atoms with E-state index in [4.69, 9.17) is 18.9 Å². The van der Waals surface area contributed by atoms with E-state index in [1.165, 1.54) is 56.9 Å². The molecule has 3 atom stereocenters. The summed E-state index contributed by atoms with van der Waals surface area (Å²) in [6.07, 6.45) is 16.1. The lowest BCUT2D eigenvalue weighted by atomic mass is 9.81. The summed E-state index contributed by atoms with van der Waals surface area (Å²) in [5.74, 6) is 0.924. The lowest BCUT2D eigenvalue weighted by Crippen LogP contribution is -2.28. The van der Waals surface area contributed by atoms with Crippen molar-refractivity contribution >= 4 is 5.97 Å². The quantitative estimate of drug-likeness (QED) is 0.136. The van der Waals surface area contributed by atoms with Gasteiger partial charge in [-0.1, -0.05) is 76.8 Å². The Morgan fingerprint density at radius 1 is 0.909 bits per heavy atom. The first-order chi connectivity index (χ1) is 16.2. The standard InChI is InChI=1S/C28H46O5/c1-4-6-7-8-9-10-11-12-13-18-27(29)33-26-17-15-14-16-25(26)23-19-21-24(22-20-23)32-28(30-3)31-5-2/h19-22,25-26,28H,4-18H2,1-3H3/t25-,26+,28?/m1/s1. The van der Waals surface area contributed by atoms with Crippen molar-refractivity contribution in [1.29, 1.82) is 0 Å². The average Bonchev–Trinajstić information content (AvgIpc) is 2.83. The molecule has 1 aliphatic carbocycles. The first kappa shape index (κ1) is 27.7. The molecule has 1 aromatic carbocycles. The minimum absolute atomic E-state index is 0.0215. The van der Waals surface area contributed by atoms with Crippen molar-refractivity contribution in [3.63, 3.8) is 0 Å². The highest BCUT2D eigenvalue weighted by molar-refractivity contribution is 5.69. The van der Waals surface area contributed by atoms with E-state index >= 15 is 0 Å². The molecule has 0 saturated heterocycles. The number of rotatable bonds is 17. The van der Waals surface area contributed by atoms with E-state index in [1.54, 1.807) is 7.11 Å². The van der Waals surface area contributed by atoms with E-state index < -0.39 is 6.48 Å². The lowest BCUT2D eigenvalue weighted by Gasteiger charge is -2.31. The Labute approximate surface area is 201 Å². The zero-order valence-electron chi connectivity index (χ0n) is 21.2. The number of carbonyl (C=O) groups is 1. The van der Waals surface area contributed by atoms with Crippen LogP contribution < -0.4 is 4.74 Å². The van der Waals surface area contributed by atoms with Gasteiger partial charge in [0.15, 0.2) is 0 Å². The van der Waals surface area contributed by atoms with Crippen molar-refractivity contribution in [2.75, 3.05) is 13.7 Å². The van der Waals surface area contributed by atoms with Crippen molar-refractivity contribution in [2.24, 2.45) is 0 Å². The lowest BCUT2D eigenvalue weighted by molar-refractivity contribution is -0.231. The Balaban J connectivity index is 1.74. The van der Waals surface area contributed by atoms with Gasteiger partial charge in [-0.25, -0.2) is 0 Å². The van der Waals surface area contributed by atoms with Gasteiger partial charge in [-0.15, -0.1) is 0 Å². The van der Waals surface area contributed by atoms with Gasteiger partial charge in [-0.2, -0.15) is 0 Å². The van der Waals surface area contributed by atoms with E-state index in [2.05, 4.69) is 19.1 Å². The van der Waals surface area contributed by atoms with Gasteiger partial charge in [-0.3, -0.25) is 4.79 Å². The average molecular weight is 463 g/mol. The molecule has 2 rings (SSSR count). The summed E-state index contributed by atoms with van der Waals surface area (Å²) in [5.41, 5.74) is 1.20. The van der Waals surface area contributed by atoms with E-state index in [0.717, 1.165) is 32.1 Å². The van der Waals surface area contributed by atoms with Crippen LogP contribution in [0.2, 0.25) is 0 Å². The molecule has 0 N–H and O–H groups in total. The van der Waals surface area contributed by atoms with Crippen LogP contribution >= 0.6 is 0 Å². The maximum absolute atomic E-state index is 12.5. The van der Waals surface area contributed by atoms with Crippen LogP contribution in [0.5, 0.6) is 5.75 Å². The first-order valence-electron chi connectivity index (χ1n) is 13.3. The Kier molecular flexibility index (Phi) is 14.2. The molecule has 5 heteroatoms. The van der Waals surface area contributed by atoms with Crippen LogP contribution in [0.15, 0.2) is 24.3 Å². The number of carbonyl (C=O) groups excluding carboxylic acids is 1. The second kappa shape index (κ2) is 16.9. The van der Waals surface area contributed by atoms with Crippen molar-refractivity contribution in [2.45, 2.75) is 122 Å². The third kappa shape index (κ3) is 10.9. The highest BCUT2D eigenvalue weighted by Gasteiger charge is 2.29. The van der Waals surface area contributed by atoms with Crippen LogP contribution in [0.1, 0.15) is 115 Å². The molecule has 0 amide bonds. The molecule has 0 bridgehead atoms. The van der Waals surface area contributed by atoms with Crippen LogP contribution in [-0.4, -0.2) is 32.3 Å². The van der Waals surface area contributed by atoms with Gasteiger partial charge < -0.3 is 18.9 Å². The van der Waals surface area contributed by atoms with E-state index in [0.29, 0.717) is 18.8 Å². The van der Waals surface area contributed by atoms with Gasteiger partial charge in [0.2, 0.25) is 0 Å². The molecule has 1 aromatic rings. The third-order valence-electron chi connectivity index (χ3n) is 6.51. The molecule has 0 radical (unpaired) electrons. The first-order valence-corrected chi connectivity index (χ1v) is 13.3. The molecule has 1 fully saturated rings. The third-order valence-corrected chi connectivity index (χ3v) is 6.51. The van der Waals surface area contributed by atoms with Crippen LogP contribution in [0, 0.1) is 0 Å². The molecule has 1 aliphatic rings. The number of unbranched alkanes of at least 4 members (excludes halogenated alkanes) is 8. The van der Waals surface area contributed by atoms with Gasteiger partial charge in [0.25, 0.3) is 0 Å². The molecule has 0 spiro atoms. The number of hydrogen-bond donors (Lipinski definition) is 0. The largest absolute Gasteiger partial charge is 0.462 e. The van der Waals surface area contributed by atoms with Crippen molar-refractivity contribution in [3.8, 4) is 5.75 Å². The van der Waals surface area contributed by atoms with Gasteiger partial charge in [0, 0.05) is 19.4 Å². The summed E-state index contributed by atoms with van der Waals surface area (Å²) in [6.45, 7) is 3.97. The van der Waals surface area contributed by atoms with Crippen LogP contribution in [0.3, 0.4) is 0 Å². The smallest absolute Gasteiger partial charge is 0.315 e. The zero-order valence-corrected chi connectivity index (χ0v) is 21.2. The van der Waals surface area contributed by atoms with E-state index in [1.807, 2.05) is 19.1 Å². The molecular formula is C28H46O5. The molecule has 0 heterocycles. The fourth-order valence-electron chi connectivity index (χ4n) is 4.62. The predicted octanol–water partition coefficient (Wildman–Crippen LogP) is 7.52. The number of esters is 1. The van der Waals surface area contributed by atoms with Crippen LogP contribution in [0.25, 0.3) is 0 Å². The summed E-state index contributed by atoms with van der Waals surface area (Å²) in [7, 11) is 1.56. The SMILES string of the molecule is CCCCCCCCCCCC(=O)O[C@H]1CCCC[C@@H]1c1ccc(OC(OC)OCC)cc1. The van der Waals surface area contributed by atoms with E-state index in [-0.39, 0.29) is 18.0 Å². The molecule has 0 aromatic heterocycles. The fourth-order valence-corrected chi connectivity index (χ4v) is 4.62. The maximum Gasteiger partial charge on any atom is 0.315 e. The Morgan fingerprint density at radius 3 is 2.18 bits per heavy atom. The molecular weight excluding hydrogens is 416 g/mol. The van der Waals surface area contributed by atoms with Crippen LogP contribution in [-0.2, 0) is 19.0 Å². The summed E-state index contributed by atoms with van der Waals surface area (Å²) in [5, 5.41) is 0. The summed E-state index contributed by atoms with van der Waals surface area (Å²) in [4.78, 5) is 12.5. The van der Waals surface area contributed by atoms with Crippen LogP contribution in [0.4, 0.5) is 0 Å². The van der Waals surface area contributed by atoms with Gasteiger partial charge in [0.1, 0.15) is 11.9 Å². The number of benzene rings is 1. The summed E-state index contributed by atoms with van der Waals surface area (Å²) in [6, 6.07) is 8.03. The van der Waals surface area contributed by atoms with Gasteiger partial charge in [-0.05, 0) is 50.3 Å². The second-order valence-corrected chi connectivity index (χ2v) is 9.16. The molecule has 1 unspecified atom stereocenters. The minimum Gasteiger partial charge on any atom is -0.462 e. The number of hydrogen-bond acceptors (Lipinski definition) is 5. The molecule has 188 valence electrons. The van der Waals surface area contributed by atoms with Gasteiger partial charge >= 0.3 is 12.4 Å². The second-order valence-electron chi connectivity index (χ2n) is 9.16. The Bertz CT molecular complexity index is 630. The fraction of sp³-hybridized carbons (Fsp3) is 0.750. The topological polar surface area (TPSA) is 54.0 Å². The zero-order chi connectivity index (χ0) is 23.7. The Hall–Kier alpha value is -1.59. The number of methoxy groups -OCH3 is 1. The summed E-state index contributed by atoms with van der Waals surface area (Å²) < 4.78 is 22.2. The molecule has 33 heavy (non-hydrogen) atoms.